The largest absolute Gasteiger partial charge is 0.434 e. The van der Waals surface area contributed by atoms with Crippen LogP contribution >= 0.6 is 0 Å². The normalized spacial score (nSPS) is 16.8. The number of hydrogen-bond donors (Lipinski definition) is 2. The number of alkyl halides is 2. The fourth-order valence-corrected chi connectivity index (χ4v) is 3.85. The molecule has 4 aromatic rings. The number of para-hydroxylation sites is 2. The number of amides is 1. The van der Waals surface area contributed by atoms with Gasteiger partial charge in [-0.2, -0.15) is 13.3 Å². The van der Waals surface area contributed by atoms with Gasteiger partial charge >= 0.3 is 6.61 Å². The van der Waals surface area contributed by atoms with Crippen molar-refractivity contribution in [2.45, 2.75) is 31.9 Å². The summed E-state index contributed by atoms with van der Waals surface area (Å²) < 4.78 is 32.0. The van der Waals surface area contributed by atoms with Gasteiger partial charge in [-0.25, -0.2) is 9.97 Å². The highest BCUT2D eigenvalue weighted by atomic mass is 19.3. The minimum absolute atomic E-state index is 0. The van der Waals surface area contributed by atoms with Gasteiger partial charge in [0.05, 0.1) is 11.1 Å². The molecule has 1 aliphatic rings. The number of aromatic nitrogens is 4. The first kappa shape index (κ1) is 20.1. The molecule has 1 aliphatic heterocycles. The molecule has 1 fully saturated rings. The number of carbonyl (C=O) groups excluding carboxylic acids is 1. The number of ether oxygens (including phenoxy) is 1. The number of hydrogen-bond acceptors (Lipinski definition) is 6. The first-order valence-corrected chi connectivity index (χ1v) is 10.3. The van der Waals surface area contributed by atoms with Crippen molar-refractivity contribution >= 4 is 28.4 Å². The molecule has 8 nitrogen and oxygen atoms in total. The van der Waals surface area contributed by atoms with Gasteiger partial charge in [-0.05, 0) is 43.5 Å². The summed E-state index contributed by atoms with van der Waals surface area (Å²) in [7, 11) is 0. The Balaban J connectivity index is 0.00000162. The summed E-state index contributed by atoms with van der Waals surface area (Å²) in [6.45, 7) is -2.33. The van der Waals surface area contributed by atoms with E-state index in [-0.39, 0.29) is 20.3 Å². The molecule has 1 saturated heterocycles. The highest BCUT2D eigenvalue weighted by molar-refractivity contribution is 5.93. The molecule has 0 bridgehead atoms. The zero-order chi connectivity index (χ0) is 22.1. The quantitative estimate of drug-likeness (QED) is 0.483. The van der Waals surface area contributed by atoms with Crippen molar-refractivity contribution in [2.24, 2.45) is 0 Å². The molecule has 2 aromatic heterocycles. The van der Waals surface area contributed by atoms with E-state index in [0.29, 0.717) is 35.6 Å². The van der Waals surface area contributed by atoms with Crippen LogP contribution in [-0.2, 0) is 4.79 Å². The molecule has 2 N–H and O–H groups in total. The minimum atomic E-state index is -2.97. The van der Waals surface area contributed by atoms with Crippen molar-refractivity contribution in [1.29, 1.82) is 0 Å². The molecule has 0 saturated carbocycles. The maximum atomic E-state index is 12.9. The van der Waals surface area contributed by atoms with Crippen LogP contribution in [0.2, 0.25) is 0 Å². The van der Waals surface area contributed by atoms with Gasteiger partial charge in [-0.15, -0.1) is 5.10 Å². The van der Waals surface area contributed by atoms with E-state index in [2.05, 4.69) is 30.4 Å². The number of fused-ring (bicyclic) bond motifs is 3. The van der Waals surface area contributed by atoms with Gasteiger partial charge in [0, 0.05) is 14.8 Å². The molecular weight excluding hydrogens is 418 g/mol. The lowest BCUT2D eigenvalue weighted by Crippen LogP contribution is -2.38. The van der Waals surface area contributed by atoms with Crippen molar-refractivity contribution in [3.8, 4) is 17.1 Å². The van der Waals surface area contributed by atoms with Crippen molar-refractivity contribution in [3.63, 3.8) is 0 Å². The fourth-order valence-electron chi connectivity index (χ4n) is 3.85. The van der Waals surface area contributed by atoms with Crippen molar-refractivity contribution < 1.29 is 21.2 Å². The summed E-state index contributed by atoms with van der Waals surface area (Å²) in [6, 6.07) is 13.3. The average Bonchev–Trinajstić information content (AvgIpc) is 3.14. The van der Waals surface area contributed by atoms with Crippen LogP contribution < -0.4 is 15.4 Å². The standard InChI is InChI=1S/C22H20F2N6O2.2H2/c23-21(24)32-17-11-4-2-8-14(17)18-28-19-13-7-1-3-9-15(13)26-22(30(19)29-18)27-16-10-5-6-12-25-20(16)31;;/h1-4,7-9,11,16,21H,5-6,10,12H2,(H,25,31)(H,26,27);2*1H/t16-;;/m1../s1. The summed E-state index contributed by atoms with van der Waals surface area (Å²) in [6.07, 6.45) is 2.47. The van der Waals surface area contributed by atoms with Gasteiger partial charge < -0.3 is 15.4 Å². The third-order valence-corrected chi connectivity index (χ3v) is 5.36. The smallest absolute Gasteiger partial charge is 0.387 e. The number of carbonyl (C=O) groups is 1. The number of nitrogens with zero attached hydrogens (tertiary/aromatic N) is 4. The van der Waals surface area contributed by atoms with Crippen LogP contribution in [0.4, 0.5) is 14.7 Å². The van der Waals surface area contributed by atoms with E-state index in [1.807, 2.05) is 24.3 Å². The second-order valence-corrected chi connectivity index (χ2v) is 7.48. The molecule has 3 heterocycles. The second-order valence-electron chi connectivity index (χ2n) is 7.48. The van der Waals surface area contributed by atoms with Crippen LogP contribution in [-0.4, -0.2) is 44.7 Å². The van der Waals surface area contributed by atoms with Crippen LogP contribution in [0.15, 0.2) is 48.5 Å². The Kier molecular flexibility index (Phi) is 5.26. The summed E-state index contributed by atoms with van der Waals surface area (Å²) >= 11 is 0. The molecule has 0 unspecified atom stereocenters. The SMILES string of the molecule is O=C1NCCCC[C@H]1Nc1nc2ccccc2c2nc(-c3ccccc3OC(F)F)nn12.[HH].[HH]. The Morgan fingerprint density at radius 2 is 1.94 bits per heavy atom. The van der Waals surface area contributed by atoms with Crippen molar-refractivity contribution in [2.75, 3.05) is 11.9 Å². The van der Waals surface area contributed by atoms with Crippen LogP contribution in [0.1, 0.15) is 22.1 Å². The van der Waals surface area contributed by atoms with Gasteiger partial charge in [0.1, 0.15) is 11.8 Å². The summed E-state index contributed by atoms with van der Waals surface area (Å²) in [4.78, 5) is 21.7. The van der Waals surface area contributed by atoms with E-state index >= 15 is 0 Å². The topological polar surface area (TPSA) is 93.4 Å². The average molecular weight is 442 g/mol. The van der Waals surface area contributed by atoms with Gasteiger partial charge in [0.25, 0.3) is 0 Å². The zero-order valence-electron chi connectivity index (χ0n) is 17.0. The second kappa shape index (κ2) is 8.37. The van der Waals surface area contributed by atoms with Gasteiger partial charge in [0.15, 0.2) is 11.5 Å². The summed E-state index contributed by atoms with van der Waals surface area (Å²) in [5, 5.41) is 11.4. The predicted octanol–water partition coefficient (Wildman–Crippen LogP) is 4.12. The number of benzene rings is 2. The fraction of sp³-hybridized carbons (Fsp3) is 0.273. The number of anilines is 1. The van der Waals surface area contributed by atoms with Gasteiger partial charge in [0.2, 0.25) is 11.9 Å². The van der Waals surface area contributed by atoms with Gasteiger partial charge in [-0.3, -0.25) is 4.79 Å². The molecule has 1 atom stereocenters. The summed E-state index contributed by atoms with van der Waals surface area (Å²) in [5.74, 6) is 0.453. The first-order chi connectivity index (χ1) is 15.6. The van der Waals surface area contributed by atoms with Crippen molar-refractivity contribution in [1.82, 2.24) is 24.9 Å². The summed E-state index contributed by atoms with van der Waals surface area (Å²) in [5.41, 5.74) is 1.50. The van der Waals surface area contributed by atoms with E-state index in [1.165, 1.54) is 10.6 Å². The van der Waals surface area contributed by atoms with E-state index in [1.54, 1.807) is 18.2 Å². The molecule has 168 valence electrons. The molecule has 1 amide bonds. The lowest BCUT2D eigenvalue weighted by Gasteiger charge is -2.16. The first-order valence-electron chi connectivity index (χ1n) is 10.3. The third-order valence-electron chi connectivity index (χ3n) is 5.36. The van der Waals surface area contributed by atoms with E-state index in [9.17, 15) is 13.6 Å². The van der Waals surface area contributed by atoms with E-state index in [0.717, 1.165) is 18.2 Å². The number of nitrogens with one attached hydrogen (secondary N) is 2. The van der Waals surface area contributed by atoms with Crippen LogP contribution in [0, 0.1) is 0 Å². The molecule has 32 heavy (non-hydrogen) atoms. The van der Waals surface area contributed by atoms with Crippen molar-refractivity contribution in [3.05, 3.63) is 48.5 Å². The zero-order valence-corrected chi connectivity index (χ0v) is 17.0. The number of halogens is 2. The molecular formula is C22H24F2N6O2. The molecule has 5 rings (SSSR count). The monoisotopic (exact) mass is 442 g/mol. The predicted molar refractivity (Wildman–Crippen MR) is 119 cm³/mol. The Bertz CT molecular complexity index is 1300. The Morgan fingerprint density at radius 3 is 2.81 bits per heavy atom. The number of rotatable bonds is 5. The van der Waals surface area contributed by atoms with E-state index < -0.39 is 12.7 Å². The Morgan fingerprint density at radius 1 is 1.12 bits per heavy atom. The molecule has 10 heteroatoms. The van der Waals surface area contributed by atoms with Crippen LogP contribution in [0.25, 0.3) is 27.9 Å². The van der Waals surface area contributed by atoms with E-state index in [4.69, 9.17) is 0 Å². The Hall–Kier alpha value is -3.82. The lowest BCUT2D eigenvalue weighted by atomic mass is 10.1. The lowest BCUT2D eigenvalue weighted by molar-refractivity contribution is -0.121. The Labute approximate surface area is 184 Å². The van der Waals surface area contributed by atoms with Crippen LogP contribution in [0.5, 0.6) is 5.75 Å². The molecule has 2 aromatic carbocycles. The minimum Gasteiger partial charge on any atom is -0.434 e. The highest BCUT2D eigenvalue weighted by Crippen LogP contribution is 2.31. The molecule has 0 radical (unpaired) electrons. The maximum absolute atomic E-state index is 12.9. The highest BCUT2D eigenvalue weighted by Gasteiger charge is 2.24. The van der Waals surface area contributed by atoms with Crippen LogP contribution in [0.3, 0.4) is 0 Å². The maximum Gasteiger partial charge on any atom is 0.387 e. The molecule has 0 aliphatic carbocycles. The third kappa shape index (κ3) is 3.79. The van der Waals surface area contributed by atoms with Gasteiger partial charge in [-0.1, -0.05) is 24.3 Å². The molecule has 0 spiro atoms.